The summed E-state index contributed by atoms with van der Waals surface area (Å²) in [4.78, 5) is 24.7. The maximum atomic E-state index is 11.3. The Morgan fingerprint density at radius 2 is 1.38 bits per heavy atom. The molecule has 2 amide bonds. The largest absolute Gasteiger partial charge is 0.294 e. The monoisotopic (exact) mass is 224 g/mol. The maximum absolute atomic E-state index is 11.3. The lowest BCUT2D eigenvalue weighted by Gasteiger charge is -2.34. The van der Waals surface area contributed by atoms with Gasteiger partial charge in [-0.05, 0) is 12.8 Å². The molecule has 0 bridgehead atoms. The molecule has 0 radical (unpaired) electrons. The molecular weight excluding hydrogens is 204 g/mol. The van der Waals surface area contributed by atoms with Crippen LogP contribution in [-0.2, 0) is 9.59 Å². The summed E-state index contributed by atoms with van der Waals surface area (Å²) >= 11 is 0. The van der Waals surface area contributed by atoms with Crippen molar-refractivity contribution in [3.05, 3.63) is 0 Å². The van der Waals surface area contributed by atoms with Crippen LogP contribution in [0.3, 0.4) is 0 Å². The van der Waals surface area contributed by atoms with Gasteiger partial charge in [-0.2, -0.15) is 0 Å². The molecule has 0 unspecified atom stereocenters. The van der Waals surface area contributed by atoms with Crippen molar-refractivity contribution >= 4 is 11.8 Å². The average Bonchev–Trinajstić information content (AvgIpc) is 2.14. The van der Waals surface area contributed by atoms with E-state index >= 15 is 0 Å². The molecule has 2 fully saturated rings. The second kappa shape index (κ2) is 5.43. The zero-order valence-electron chi connectivity index (χ0n) is 9.71. The van der Waals surface area contributed by atoms with Gasteiger partial charge in [0.2, 0.25) is 11.8 Å². The van der Waals surface area contributed by atoms with E-state index in [4.69, 9.17) is 0 Å². The molecule has 90 valence electrons. The van der Waals surface area contributed by atoms with Gasteiger partial charge in [0.1, 0.15) is 0 Å². The number of imide groups is 1. The first kappa shape index (κ1) is 11.6. The van der Waals surface area contributed by atoms with E-state index < -0.39 is 0 Å². The van der Waals surface area contributed by atoms with Gasteiger partial charge in [0.15, 0.2) is 0 Å². The Balaban J connectivity index is 1.93. The second-order valence-corrected chi connectivity index (χ2v) is 4.88. The van der Waals surface area contributed by atoms with Crippen molar-refractivity contribution in [3.8, 4) is 0 Å². The fraction of sp³-hybridized carbons (Fsp3) is 0.833. The summed E-state index contributed by atoms with van der Waals surface area (Å²) in [5.41, 5.74) is 0. The molecule has 1 heterocycles. The summed E-state index contributed by atoms with van der Waals surface area (Å²) in [5, 5.41) is 2.36. The van der Waals surface area contributed by atoms with E-state index in [0.29, 0.717) is 19.1 Å². The Morgan fingerprint density at radius 3 is 1.94 bits per heavy atom. The number of hydrogen-bond acceptors (Lipinski definition) is 3. The third-order valence-corrected chi connectivity index (χ3v) is 3.56. The number of nitrogens with zero attached hydrogens (tertiary/aromatic N) is 1. The van der Waals surface area contributed by atoms with Gasteiger partial charge in [0, 0.05) is 6.04 Å². The fourth-order valence-corrected chi connectivity index (χ4v) is 2.72. The third-order valence-electron chi connectivity index (χ3n) is 3.56. The van der Waals surface area contributed by atoms with Crippen molar-refractivity contribution in [2.24, 2.45) is 0 Å². The summed E-state index contributed by atoms with van der Waals surface area (Å²) in [6, 6.07) is 0.440. The minimum Gasteiger partial charge on any atom is -0.294 e. The van der Waals surface area contributed by atoms with Gasteiger partial charge in [-0.1, -0.05) is 32.1 Å². The lowest BCUT2D eigenvalue weighted by Crippen LogP contribution is -2.54. The van der Waals surface area contributed by atoms with Crippen LogP contribution in [0.25, 0.3) is 0 Å². The molecule has 2 rings (SSSR count). The minimum atomic E-state index is -0.140. The highest BCUT2D eigenvalue weighted by molar-refractivity contribution is 5.99. The van der Waals surface area contributed by atoms with Crippen molar-refractivity contribution < 1.29 is 9.59 Å². The molecule has 0 aromatic heterocycles. The molecule has 1 saturated heterocycles. The summed E-state index contributed by atoms with van der Waals surface area (Å²) < 4.78 is 0. The second-order valence-electron chi connectivity index (χ2n) is 4.88. The normalized spacial score (nSPS) is 26.0. The van der Waals surface area contributed by atoms with E-state index in [1.165, 1.54) is 32.1 Å². The van der Waals surface area contributed by atoms with E-state index in [-0.39, 0.29) is 11.8 Å². The van der Waals surface area contributed by atoms with Crippen LogP contribution in [0.15, 0.2) is 0 Å². The lowest BCUT2D eigenvalue weighted by molar-refractivity contribution is -0.137. The van der Waals surface area contributed by atoms with Crippen LogP contribution in [0.1, 0.15) is 44.9 Å². The van der Waals surface area contributed by atoms with Crippen molar-refractivity contribution in [3.63, 3.8) is 0 Å². The van der Waals surface area contributed by atoms with E-state index in [1.807, 2.05) is 0 Å². The van der Waals surface area contributed by atoms with Crippen LogP contribution >= 0.6 is 0 Å². The maximum Gasteiger partial charge on any atom is 0.240 e. The number of carbonyl (C=O) groups excluding carboxylic acids is 2. The first-order chi connectivity index (χ1) is 7.75. The number of rotatable bonds is 1. The molecule has 0 spiro atoms. The summed E-state index contributed by atoms with van der Waals surface area (Å²) in [5.74, 6) is -0.281. The topological polar surface area (TPSA) is 49.4 Å². The molecule has 1 aliphatic carbocycles. The number of carbonyl (C=O) groups is 2. The average molecular weight is 224 g/mol. The van der Waals surface area contributed by atoms with Gasteiger partial charge in [-0.15, -0.1) is 0 Å². The third kappa shape index (κ3) is 3.04. The van der Waals surface area contributed by atoms with Gasteiger partial charge in [0.25, 0.3) is 0 Å². The van der Waals surface area contributed by atoms with Crippen molar-refractivity contribution in [1.29, 1.82) is 0 Å². The summed E-state index contributed by atoms with van der Waals surface area (Å²) in [6.45, 7) is 0.798. The zero-order valence-corrected chi connectivity index (χ0v) is 9.71. The lowest BCUT2D eigenvalue weighted by atomic mass is 9.95. The highest BCUT2D eigenvalue weighted by Crippen LogP contribution is 2.21. The molecule has 0 aromatic rings. The minimum absolute atomic E-state index is 0.140. The van der Waals surface area contributed by atoms with Crippen LogP contribution in [0.4, 0.5) is 0 Å². The van der Waals surface area contributed by atoms with Crippen LogP contribution in [0.5, 0.6) is 0 Å². The van der Waals surface area contributed by atoms with Gasteiger partial charge < -0.3 is 0 Å². The SMILES string of the molecule is O=C1CN(C2CCCCCCC2)CC(=O)N1. The van der Waals surface area contributed by atoms with E-state index in [2.05, 4.69) is 10.2 Å². The van der Waals surface area contributed by atoms with Gasteiger partial charge in [-0.25, -0.2) is 0 Å². The van der Waals surface area contributed by atoms with Crippen LogP contribution < -0.4 is 5.32 Å². The van der Waals surface area contributed by atoms with Gasteiger partial charge in [-0.3, -0.25) is 19.8 Å². The summed E-state index contributed by atoms with van der Waals surface area (Å²) in [6.07, 6.45) is 8.68. The van der Waals surface area contributed by atoms with Crippen molar-refractivity contribution in [2.75, 3.05) is 13.1 Å². The number of piperazine rings is 1. The van der Waals surface area contributed by atoms with Crippen LogP contribution in [-0.4, -0.2) is 35.8 Å². The molecule has 0 aromatic carbocycles. The Hall–Kier alpha value is -0.900. The van der Waals surface area contributed by atoms with Crippen molar-refractivity contribution in [2.45, 2.75) is 51.0 Å². The molecule has 4 heteroatoms. The van der Waals surface area contributed by atoms with E-state index in [0.717, 1.165) is 12.8 Å². The number of amides is 2. The number of hydrogen-bond donors (Lipinski definition) is 1. The first-order valence-corrected chi connectivity index (χ1v) is 6.32. The quantitative estimate of drug-likeness (QED) is 0.677. The Kier molecular flexibility index (Phi) is 3.93. The Bertz CT molecular complexity index is 254. The van der Waals surface area contributed by atoms with E-state index in [1.54, 1.807) is 0 Å². The molecule has 2 aliphatic rings. The Morgan fingerprint density at radius 1 is 0.875 bits per heavy atom. The van der Waals surface area contributed by atoms with Gasteiger partial charge >= 0.3 is 0 Å². The van der Waals surface area contributed by atoms with Crippen LogP contribution in [0, 0.1) is 0 Å². The molecule has 16 heavy (non-hydrogen) atoms. The number of nitrogens with one attached hydrogen (secondary N) is 1. The Labute approximate surface area is 96.4 Å². The fourth-order valence-electron chi connectivity index (χ4n) is 2.72. The summed E-state index contributed by atoms with van der Waals surface area (Å²) in [7, 11) is 0. The zero-order chi connectivity index (χ0) is 11.4. The standard InChI is InChI=1S/C12H20N2O2/c15-11-8-14(9-12(16)13-11)10-6-4-2-1-3-5-7-10/h10H,1-9H2,(H,13,15,16). The molecule has 1 saturated carbocycles. The molecule has 4 nitrogen and oxygen atoms in total. The van der Waals surface area contributed by atoms with Crippen molar-refractivity contribution in [1.82, 2.24) is 10.2 Å². The van der Waals surface area contributed by atoms with Crippen LogP contribution in [0.2, 0.25) is 0 Å². The molecule has 0 atom stereocenters. The molecular formula is C12H20N2O2. The molecule has 1 aliphatic heterocycles. The predicted octanol–water partition coefficient (Wildman–Crippen LogP) is 1.06. The van der Waals surface area contributed by atoms with Gasteiger partial charge in [0.05, 0.1) is 13.1 Å². The molecule has 1 N–H and O–H groups in total. The van der Waals surface area contributed by atoms with E-state index in [9.17, 15) is 9.59 Å². The highest BCUT2D eigenvalue weighted by atomic mass is 16.2. The first-order valence-electron chi connectivity index (χ1n) is 6.32. The predicted molar refractivity (Wildman–Crippen MR) is 60.8 cm³/mol. The highest BCUT2D eigenvalue weighted by Gasteiger charge is 2.28. The smallest absolute Gasteiger partial charge is 0.240 e.